The molecule has 2 bridgehead atoms. The number of carbonyl (C=O) groups is 2. The summed E-state index contributed by atoms with van der Waals surface area (Å²) in [6.45, 7) is 8.26. The van der Waals surface area contributed by atoms with Crippen LogP contribution in [0.25, 0.3) is 0 Å². The molecule has 0 spiro atoms. The fourth-order valence-electron chi connectivity index (χ4n) is 3.27. The van der Waals surface area contributed by atoms with E-state index < -0.39 is 11.6 Å². The Morgan fingerprint density at radius 2 is 2.16 bits per heavy atom. The van der Waals surface area contributed by atoms with Crippen molar-refractivity contribution >= 4 is 17.9 Å². The summed E-state index contributed by atoms with van der Waals surface area (Å²) in [6, 6.07) is 1.90. The predicted molar refractivity (Wildman–Crippen MR) is 90.2 cm³/mol. The van der Waals surface area contributed by atoms with Crippen LogP contribution in [0.3, 0.4) is 0 Å². The van der Waals surface area contributed by atoms with Crippen LogP contribution in [0.2, 0.25) is 0 Å². The molecule has 8 heteroatoms. The molecule has 1 saturated carbocycles. The van der Waals surface area contributed by atoms with Crippen LogP contribution >= 0.6 is 0 Å². The Kier molecular flexibility index (Phi) is 4.53. The molecule has 1 aliphatic carbocycles. The normalized spacial score (nSPS) is 24.5. The van der Waals surface area contributed by atoms with E-state index in [1.54, 1.807) is 17.9 Å². The fraction of sp³-hybridized carbons (Fsp3) is 0.647. The van der Waals surface area contributed by atoms with Crippen LogP contribution in [-0.4, -0.2) is 57.8 Å². The molecule has 0 radical (unpaired) electrons. The monoisotopic (exact) mass is 348 g/mol. The zero-order valence-electron chi connectivity index (χ0n) is 15.0. The molecular formula is C17H24N4O4. The maximum Gasteiger partial charge on any atom is 0.410 e. The van der Waals surface area contributed by atoms with Crippen molar-refractivity contribution in [3.05, 3.63) is 18.1 Å². The second-order valence-electron chi connectivity index (χ2n) is 7.35. The van der Waals surface area contributed by atoms with Crippen molar-refractivity contribution < 1.29 is 19.1 Å². The van der Waals surface area contributed by atoms with Crippen molar-refractivity contribution in [3.8, 4) is 0 Å². The van der Waals surface area contributed by atoms with E-state index in [0.29, 0.717) is 18.3 Å². The molecule has 1 aromatic heterocycles. The standard InChI is InChI=1S/C17H24N4O4/c1-5-24-15(22)14-18-7-6-12(20-14)19-13-10-8-11(13)21(9-10)16(23)25-17(2,3)4/h6-7,10-11,13H,5,8-9H2,1-4H3,(H,18,19,20). The zero-order chi connectivity index (χ0) is 18.2. The zero-order valence-corrected chi connectivity index (χ0v) is 15.0. The topological polar surface area (TPSA) is 93.7 Å². The van der Waals surface area contributed by atoms with Crippen LogP contribution in [0, 0.1) is 5.92 Å². The van der Waals surface area contributed by atoms with Gasteiger partial charge in [0.1, 0.15) is 11.4 Å². The second-order valence-corrected chi connectivity index (χ2v) is 7.35. The number of ether oxygens (including phenoxy) is 2. The highest BCUT2D eigenvalue weighted by molar-refractivity contribution is 5.85. The summed E-state index contributed by atoms with van der Waals surface area (Å²) < 4.78 is 10.4. The lowest BCUT2D eigenvalue weighted by Crippen LogP contribution is -2.50. The van der Waals surface area contributed by atoms with Crippen molar-refractivity contribution in [2.24, 2.45) is 5.92 Å². The highest BCUT2D eigenvalue weighted by atomic mass is 16.6. The second kappa shape index (κ2) is 6.50. The Bertz CT molecular complexity index is 673. The summed E-state index contributed by atoms with van der Waals surface area (Å²) in [6.07, 6.45) is 2.19. The predicted octanol–water partition coefficient (Wildman–Crippen LogP) is 2.07. The first-order chi connectivity index (χ1) is 11.8. The van der Waals surface area contributed by atoms with Gasteiger partial charge in [0, 0.05) is 18.7 Å². The van der Waals surface area contributed by atoms with Gasteiger partial charge in [0.2, 0.25) is 5.82 Å². The molecule has 3 unspecified atom stereocenters. The van der Waals surface area contributed by atoms with Gasteiger partial charge in [0.25, 0.3) is 0 Å². The average molecular weight is 348 g/mol. The molecule has 3 fully saturated rings. The van der Waals surface area contributed by atoms with Crippen molar-refractivity contribution in [2.75, 3.05) is 18.5 Å². The van der Waals surface area contributed by atoms with E-state index >= 15 is 0 Å². The molecule has 2 aliphatic heterocycles. The van der Waals surface area contributed by atoms with E-state index in [9.17, 15) is 9.59 Å². The third kappa shape index (κ3) is 3.67. The molecule has 8 nitrogen and oxygen atoms in total. The van der Waals surface area contributed by atoms with Crippen LogP contribution in [-0.2, 0) is 9.47 Å². The van der Waals surface area contributed by atoms with E-state index in [4.69, 9.17) is 9.47 Å². The number of anilines is 1. The molecule has 1 N–H and O–H groups in total. The minimum Gasteiger partial charge on any atom is -0.460 e. The van der Waals surface area contributed by atoms with E-state index in [1.807, 2.05) is 20.8 Å². The first kappa shape index (κ1) is 17.4. The Labute approximate surface area is 146 Å². The average Bonchev–Trinajstić information content (AvgIpc) is 3.11. The molecule has 25 heavy (non-hydrogen) atoms. The maximum absolute atomic E-state index is 12.3. The Hall–Kier alpha value is -2.38. The van der Waals surface area contributed by atoms with E-state index in [0.717, 1.165) is 6.42 Å². The summed E-state index contributed by atoms with van der Waals surface area (Å²) in [7, 11) is 0. The molecule has 3 aliphatic rings. The summed E-state index contributed by atoms with van der Waals surface area (Å²) in [5.74, 6) is 0.406. The van der Waals surface area contributed by atoms with Crippen LogP contribution in [0.15, 0.2) is 12.3 Å². The van der Waals surface area contributed by atoms with Gasteiger partial charge in [-0.05, 0) is 40.2 Å². The van der Waals surface area contributed by atoms with Crippen LogP contribution in [0.5, 0.6) is 0 Å². The Morgan fingerprint density at radius 3 is 2.84 bits per heavy atom. The van der Waals surface area contributed by atoms with Crippen LogP contribution < -0.4 is 5.32 Å². The number of nitrogens with zero attached hydrogens (tertiary/aromatic N) is 3. The summed E-state index contributed by atoms with van der Waals surface area (Å²) >= 11 is 0. The molecule has 2 saturated heterocycles. The summed E-state index contributed by atoms with van der Waals surface area (Å²) in [5.41, 5.74) is -0.506. The van der Waals surface area contributed by atoms with Gasteiger partial charge in [0.15, 0.2) is 0 Å². The third-order valence-electron chi connectivity index (χ3n) is 4.35. The minimum atomic E-state index is -0.543. The highest BCUT2D eigenvalue weighted by Gasteiger charge is 2.54. The number of hydrogen-bond acceptors (Lipinski definition) is 7. The quantitative estimate of drug-likeness (QED) is 0.833. The molecular weight excluding hydrogens is 324 g/mol. The van der Waals surface area contributed by atoms with Crippen molar-refractivity contribution in [3.63, 3.8) is 0 Å². The maximum atomic E-state index is 12.3. The largest absolute Gasteiger partial charge is 0.460 e. The van der Waals surface area contributed by atoms with E-state index in [2.05, 4.69) is 15.3 Å². The third-order valence-corrected chi connectivity index (χ3v) is 4.35. The number of esters is 1. The first-order valence-corrected chi connectivity index (χ1v) is 8.55. The molecule has 1 aromatic rings. The number of aromatic nitrogens is 2. The molecule has 1 amide bonds. The summed E-state index contributed by atoms with van der Waals surface area (Å²) in [4.78, 5) is 34.0. The van der Waals surface area contributed by atoms with Gasteiger partial charge in [0.05, 0.1) is 18.7 Å². The van der Waals surface area contributed by atoms with E-state index in [-0.39, 0.29) is 30.6 Å². The van der Waals surface area contributed by atoms with Gasteiger partial charge in [-0.2, -0.15) is 0 Å². The smallest absolute Gasteiger partial charge is 0.410 e. The van der Waals surface area contributed by atoms with Crippen LogP contribution in [0.1, 0.15) is 44.7 Å². The first-order valence-electron chi connectivity index (χ1n) is 8.55. The number of carbonyl (C=O) groups excluding carboxylic acids is 2. The Morgan fingerprint density at radius 1 is 1.40 bits per heavy atom. The Balaban J connectivity index is 1.63. The van der Waals surface area contributed by atoms with Gasteiger partial charge < -0.3 is 19.7 Å². The molecule has 3 heterocycles. The van der Waals surface area contributed by atoms with Gasteiger partial charge in [-0.15, -0.1) is 0 Å². The van der Waals surface area contributed by atoms with Crippen LogP contribution in [0.4, 0.5) is 10.6 Å². The van der Waals surface area contributed by atoms with Gasteiger partial charge in [-0.1, -0.05) is 0 Å². The minimum absolute atomic E-state index is 0.0301. The number of amides is 1. The number of nitrogens with one attached hydrogen (secondary N) is 1. The molecule has 0 aromatic carbocycles. The molecule has 136 valence electrons. The molecule has 3 atom stereocenters. The highest BCUT2D eigenvalue weighted by Crippen LogP contribution is 2.43. The number of hydrogen-bond donors (Lipinski definition) is 1. The lowest BCUT2D eigenvalue weighted by atomic mass is 9.80. The number of fused-ring (bicyclic) bond motifs is 1. The van der Waals surface area contributed by atoms with Crippen molar-refractivity contribution in [2.45, 2.75) is 51.8 Å². The lowest BCUT2D eigenvalue weighted by Gasteiger charge is -2.37. The number of rotatable bonds is 4. The van der Waals surface area contributed by atoms with Crippen molar-refractivity contribution in [1.29, 1.82) is 0 Å². The summed E-state index contributed by atoms with van der Waals surface area (Å²) in [5, 5.41) is 3.32. The lowest BCUT2D eigenvalue weighted by molar-refractivity contribution is 0.0239. The van der Waals surface area contributed by atoms with Gasteiger partial charge in [-0.25, -0.2) is 19.6 Å². The van der Waals surface area contributed by atoms with Gasteiger partial charge >= 0.3 is 12.1 Å². The van der Waals surface area contributed by atoms with Gasteiger partial charge in [-0.3, -0.25) is 0 Å². The van der Waals surface area contributed by atoms with E-state index in [1.165, 1.54) is 6.20 Å². The fourth-order valence-corrected chi connectivity index (χ4v) is 3.27. The SMILES string of the molecule is CCOC(=O)c1nccc(NC2C3CC2N(C(=O)OC(C)(C)C)C3)n1. The van der Waals surface area contributed by atoms with Crippen molar-refractivity contribution in [1.82, 2.24) is 14.9 Å². The molecule has 4 rings (SSSR count).